The zero-order chi connectivity index (χ0) is 11.5. The van der Waals surface area contributed by atoms with Crippen LogP contribution >= 0.6 is 0 Å². The molecule has 2 aromatic rings. The molecule has 0 amide bonds. The van der Waals surface area contributed by atoms with Crippen molar-refractivity contribution in [1.82, 2.24) is 4.98 Å². The van der Waals surface area contributed by atoms with Gasteiger partial charge in [0.2, 0.25) is 0 Å². The molecule has 1 heterocycles. The van der Waals surface area contributed by atoms with E-state index in [1.165, 1.54) is 0 Å². The van der Waals surface area contributed by atoms with Crippen LogP contribution in [-0.2, 0) is 0 Å². The first-order valence-electron chi connectivity index (χ1n) is 5.20. The summed E-state index contributed by atoms with van der Waals surface area (Å²) in [4.78, 5) is 13.7. The highest BCUT2D eigenvalue weighted by Crippen LogP contribution is 2.25. The molecule has 0 radical (unpaired) electrons. The Labute approximate surface area is 92.9 Å². The van der Waals surface area contributed by atoms with Gasteiger partial charge in [0, 0.05) is 5.39 Å². The fraction of sp³-hybridized carbons (Fsp3) is 0.250. The van der Waals surface area contributed by atoms with Crippen molar-refractivity contribution in [2.24, 2.45) is 0 Å². The highest BCUT2D eigenvalue weighted by Gasteiger charge is 2.10. The van der Waals surface area contributed by atoms with Crippen molar-refractivity contribution in [1.29, 1.82) is 0 Å². The van der Waals surface area contributed by atoms with E-state index >= 15 is 0 Å². The lowest BCUT2D eigenvalue weighted by Crippen LogP contribution is -1.97. The van der Waals surface area contributed by atoms with Gasteiger partial charge in [-0.1, -0.05) is 19.1 Å². The quantitative estimate of drug-likeness (QED) is 0.830. The van der Waals surface area contributed by atoms with Crippen LogP contribution in [0.15, 0.2) is 24.3 Å². The van der Waals surface area contributed by atoms with Crippen molar-refractivity contribution in [3.05, 3.63) is 30.0 Å². The van der Waals surface area contributed by atoms with Crippen molar-refractivity contribution in [3.63, 3.8) is 0 Å². The number of aromatic amines is 1. The lowest BCUT2D eigenvalue weighted by Gasteiger charge is -2.04. The molecule has 84 valence electrons. The molecule has 0 saturated heterocycles. The zero-order valence-corrected chi connectivity index (χ0v) is 8.99. The van der Waals surface area contributed by atoms with Crippen molar-refractivity contribution in [3.8, 4) is 5.75 Å². The number of hydrogen-bond donors (Lipinski definition) is 2. The maximum atomic E-state index is 10.8. The SMILES string of the molecule is CCCOc1cccc2cc(C(=O)O)[nH]c12. The van der Waals surface area contributed by atoms with Gasteiger partial charge in [-0.3, -0.25) is 0 Å². The number of carboxylic acids is 1. The summed E-state index contributed by atoms with van der Waals surface area (Å²) < 4.78 is 5.54. The molecular formula is C12H13NO3. The summed E-state index contributed by atoms with van der Waals surface area (Å²) in [6, 6.07) is 7.15. The predicted octanol–water partition coefficient (Wildman–Crippen LogP) is 2.65. The average molecular weight is 219 g/mol. The summed E-state index contributed by atoms with van der Waals surface area (Å²) in [5, 5.41) is 9.73. The Bertz CT molecular complexity index is 516. The number of para-hydroxylation sites is 1. The van der Waals surface area contributed by atoms with Gasteiger partial charge in [-0.15, -0.1) is 0 Å². The topological polar surface area (TPSA) is 62.3 Å². The molecule has 0 aliphatic carbocycles. The fourth-order valence-corrected chi connectivity index (χ4v) is 1.58. The van der Waals surface area contributed by atoms with Crippen LogP contribution < -0.4 is 4.74 Å². The smallest absolute Gasteiger partial charge is 0.352 e. The van der Waals surface area contributed by atoms with Gasteiger partial charge in [0.1, 0.15) is 11.4 Å². The van der Waals surface area contributed by atoms with Crippen molar-refractivity contribution < 1.29 is 14.6 Å². The third-order valence-electron chi connectivity index (χ3n) is 2.31. The van der Waals surface area contributed by atoms with Gasteiger partial charge >= 0.3 is 5.97 Å². The minimum atomic E-state index is -0.961. The molecule has 2 rings (SSSR count). The second-order valence-corrected chi connectivity index (χ2v) is 3.56. The normalized spacial score (nSPS) is 10.6. The molecule has 0 bridgehead atoms. The molecule has 4 heteroatoms. The van der Waals surface area contributed by atoms with Crippen LogP contribution in [0.25, 0.3) is 10.9 Å². The molecule has 0 aliphatic heterocycles. The van der Waals surface area contributed by atoms with E-state index in [9.17, 15) is 4.79 Å². The Kier molecular flexibility index (Phi) is 2.81. The molecule has 1 aromatic carbocycles. The van der Waals surface area contributed by atoms with E-state index in [2.05, 4.69) is 4.98 Å². The van der Waals surface area contributed by atoms with Gasteiger partial charge in [0.05, 0.1) is 12.1 Å². The number of hydrogen-bond acceptors (Lipinski definition) is 2. The van der Waals surface area contributed by atoms with Crippen LogP contribution in [0.4, 0.5) is 0 Å². The van der Waals surface area contributed by atoms with Crippen molar-refractivity contribution in [2.75, 3.05) is 6.61 Å². The van der Waals surface area contributed by atoms with E-state index in [1.807, 2.05) is 25.1 Å². The van der Waals surface area contributed by atoms with Gasteiger partial charge in [0.25, 0.3) is 0 Å². The summed E-state index contributed by atoms with van der Waals surface area (Å²) in [6.07, 6.45) is 0.920. The van der Waals surface area contributed by atoms with E-state index in [1.54, 1.807) is 6.07 Å². The molecule has 0 aliphatic rings. The maximum Gasteiger partial charge on any atom is 0.352 e. The summed E-state index contributed by atoms with van der Waals surface area (Å²) in [5.74, 6) is -0.260. The zero-order valence-electron chi connectivity index (χ0n) is 8.99. The maximum absolute atomic E-state index is 10.8. The van der Waals surface area contributed by atoms with Crippen LogP contribution in [0, 0.1) is 0 Å². The van der Waals surface area contributed by atoms with Gasteiger partial charge in [-0.2, -0.15) is 0 Å². The first-order chi connectivity index (χ1) is 7.72. The minimum Gasteiger partial charge on any atom is -0.491 e. The van der Waals surface area contributed by atoms with Gasteiger partial charge in [-0.05, 0) is 18.6 Å². The number of rotatable bonds is 4. The summed E-state index contributed by atoms with van der Waals surface area (Å²) in [6.45, 7) is 2.65. The van der Waals surface area contributed by atoms with Gasteiger partial charge in [0.15, 0.2) is 0 Å². The van der Waals surface area contributed by atoms with E-state index in [-0.39, 0.29) is 5.69 Å². The molecule has 0 saturated carbocycles. The molecular weight excluding hydrogens is 206 g/mol. The molecule has 0 unspecified atom stereocenters. The van der Waals surface area contributed by atoms with E-state index < -0.39 is 5.97 Å². The van der Waals surface area contributed by atoms with E-state index in [4.69, 9.17) is 9.84 Å². The largest absolute Gasteiger partial charge is 0.491 e. The highest BCUT2D eigenvalue weighted by atomic mass is 16.5. The Hall–Kier alpha value is -1.97. The number of ether oxygens (including phenoxy) is 1. The number of fused-ring (bicyclic) bond motifs is 1. The number of nitrogens with one attached hydrogen (secondary N) is 1. The number of aromatic nitrogens is 1. The Morgan fingerprint density at radius 3 is 3.00 bits per heavy atom. The average Bonchev–Trinajstić information content (AvgIpc) is 2.70. The molecule has 16 heavy (non-hydrogen) atoms. The molecule has 1 aromatic heterocycles. The lowest BCUT2D eigenvalue weighted by molar-refractivity contribution is 0.0691. The van der Waals surface area contributed by atoms with Crippen molar-refractivity contribution in [2.45, 2.75) is 13.3 Å². The molecule has 2 N–H and O–H groups in total. The molecule has 0 fully saturated rings. The number of aromatic carboxylic acids is 1. The van der Waals surface area contributed by atoms with E-state index in [0.29, 0.717) is 12.4 Å². The number of carboxylic acid groups (broad SMARTS) is 1. The van der Waals surface area contributed by atoms with Crippen LogP contribution in [0.1, 0.15) is 23.8 Å². The van der Waals surface area contributed by atoms with Gasteiger partial charge < -0.3 is 14.8 Å². The fourth-order valence-electron chi connectivity index (χ4n) is 1.58. The predicted molar refractivity (Wildman–Crippen MR) is 61.0 cm³/mol. The number of H-pyrrole nitrogens is 1. The molecule has 4 nitrogen and oxygen atoms in total. The molecule has 0 atom stereocenters. The van der Waals surface area contributed by atoms with Crippen LogP contribution in [0.3, 0.4) is 0 Å². The third kappa shape index (κ3) is 1.86. The second-order valence-electron chi connectivity index (χ2n) is 3.56. The Balaban J connectivity index is 2.45. The van der Waals surface area contributed by atoms with E-state index in [0.717, 1.165) is 17.3 Å². The third-order valence-corrected chi connectivity index (χ3v) is 2.31. The van der Waals surface area contributed by atoms with Crippen LogP contribution in [0.5, 0.6) is 5.75 Å². The van der Waals surface area contributed by atoms with Crippen LogP contribution in [0.2, 0.25) is 0 Å². The number of carbonyl (C=O) groups is 1. The monoisotopic (exact) mass is 219 g/mol. The van der Waals surface area contributed by atoms with Crippen LogP contribution in [-0.4, -0.2) is 22.7 Å². The Morgan fingerprint density at radius 1 is 1.50 bits per heavy atom. The van der Waals surface area contributed by atoms with Gasteiger partial charge in [-0.25, -0.2) is 4.79 Å². The minimum absolute atomic E-state index is 0.183. The number of benzene rings is 1. The Morgan fingerprint density at radius 2 is 2.31 bits per heavy atom. The summed E-state index contributed by atoms with van der Waals surface area (Å²) >= 11 is 0. The first-order valence-corrected chi connectivity index (χ1v) is 5.20. The standard InChI is InChI=1S/C12H13NO3/c1-2-6-16-10-5-3-4-8-7-9(12(14)15)13-11(8)10/h3-5,7,13H,2,6H2,1H3,(H,14,15). The second kappa shape index (κ2) is 4.26. The summed E-state index contributed by atoms with van der Waals surface area (Å²) in [7, 11) is 0. The first kappa shape index (κ1) is 10.5. The highest BCUT2D eigenvalue weighted by molar-refractivity contribution is 5.95. The lowest BCUT2D eigenvalue weighted by atomic mass is 10.2. The molecule has 0 spiro atoms. The van der Waals surface area contributed by atoms with Crippen molar-refractivity contribution >= 4 is 16.9 Å². The summed E-state index contributed by atoms with van der Waals surface area (Å²) in [5.41, 5.74) is 0.927.